The Morgan fingerprint density at radius 1 is 1.03 bits per heavy atom. The van der Waals surface area contributed by atoms with E-state index < -0.39 is 46.7 Å². The first-order valence-corrected chi connectivity index (χ1v) is 12.2. The first-order valence-electron chi connectivity index (χ1n) is 12.2. The zero-order valence-electron chi connectivity index (χ0n) is 20.9. The molecule has 0 saturated carbocycles. The van der Waals surface area contributed by atoms with Crippen molar-refractivity contribution in [2.45, 2.75) is 38.4 Å². The molecule has 2 atom stereocenters. The van der Waals surface area contributed by atoms with E-state index in [9.17, 15) is 28.6 Å². The summed E-state index contributed by atoms with van der Waals surface area (Å²) in [6.45, 7) is 1.71. The molecule has 1 aliphatic rings. The molecule has 1 amide bonds. The third-order valence-electron chi connectivity index (χ3n) is 6.52. The lowest BCUT2D eigenvalue weighted by Gasteiger charge is -2.49. The summed E-state index contributed by atoms with van der Waals surface area (Å²) in [5.74, 6) is -4.75. The van der Waals surface area contributed by atoms with Crippen LogP contribution in [0.2, 0.25) is 0 Å². The minimum Gasteiger partial charge on any atom is -0.507 e. The number of aliphatic hydroxyl groups excluding tert-OH is 1. The van der Waals surface area contributed by atoms with E-state index in [-0.39, 0.29) is 42.2 Å². The quantitative estimate of drug-likeness (QED) is 0.409. The Balaban J connectivity index is 2.05. The monoisotopic (exact) mass is 531 g/mol. The van der Waals surface area contributed by atoms with Gasteiger partial charge in [0.2, 0.25) is 5.43 Å². The Kier molecular flexibility index (Phi) is 7.96. The first-order chi connectivity index (χ1) is 18.2. The van der Waals surface area contributed by atoms with Crippen LogP contribution in [-0.2, 0) is 0 Å². The van der Waals surface area contributed by atoms with Crippen LogP contribution in [0.25, 0.3) is 0 Å². The smallest absolute Gasteiger partial charge is 0.277 e. The van der Waals surface area contributed by atoms with Crippen molar-refractivity contribution in [2.75, 3.05) is 25.3 Å². The molecular weight excluding hydrogens is 503 g/mol. The lowest BCUT2D eigenvalue weighted by molar-refractivity contribution is 0.0575. The van der Waals surface area contributed by atoms with E-state index in [4.69, 9.17) is 4.74 Å². The third-order valence-corrected chi connectivity index (χ3v) is 6.52. The summed E-state index contributed by atoms with van der Waals surface area (Å²) in [6, 6.07) is 6.76. The van der Waals surface area contributed by atoms with Gasteiger partial charge in [0, 0.05) is 49.5 Å². The highest BCUT2D eigenvalue weighted by Gasteiger charge is 2.43. The number of unbranched alkanes of at least 4 members (excludes halogenated alkanes) is 1. The van der Waals surface area contributed by atoms with Crippen molar-refractivity contribution in [3.63, 3.8) is 0 Å². The molecule has 0 saturated heterocycles. The van der Waals surface area contributed by atoms with Gasteiger partial charge in [-0.2, -0.15) is 0 Å². The Hall–Kier alpha value is -3.99. The number of phenolic OH excluding ortho intramolecular Hbond substituents is 1. The Bertz CT molecular complexity index is 1400. The second-order valence-electron chi connectivity index (χ2n) is 8.94. The van der Waals surface area contributed by atoms with Crippen molar-refractivity contribution in [1.82, 2.24) is 9.58 Å². The molecule has 202 valence electrons. The van der Waals surface area contributed by atoms with Gasteiger partial charge in [0.05, 0.1) is 6.61 Å². The largest absolute Gasteiger partial charge is 0.507 e. The number of pyridine rings is 1. The van der Waals surface area contributed by atoms with Gasteiger partial charge in [-0.3, -0.25) is 19.3 Å². The highest BCUT2D eigenvalue weighted by Crippen LogP contribution is 2.40. The molecule has 11 heteroatoms. The van der Waals surface area contributed by atoms with Crippen LogP contribution >= 0.6 is 0 Å². The molecule has 0 radical (unpaired) electrons. The van der Waals surface area contributed by atoms with Gasteiger partial charge in [-0.05, 0) is 18.6 Å². The molecule has 8 nitrogen and oxygen atoms in total. The normalized spacial score (nSPS) is 15.9. The number of aromatic hydroxyl groups is 1. The topological polar surface area (TPSA) is 95.2 Å². The SMILES string of the molecule is CCCCOc1c2n(ccc1=O)N(C(c1cc(F)c(F)cc1O)c1ccccc1F)C(CCO)N(C)C2=O. The van der Waals surface area contributed by atoms with Gasteiger partial charge in [0.15, 0.2) is 23.1 Å². The zero-order valence-corrected chi connectivity index (χ0v) is 20.9. The second-order valence-corrected chi connectivity index (χ2v) is 8.94. The van der Waals surface area contributed by atoms with Gasteiger partial charge >= 0.3 is 0 Å². The van der Waals surface area contributed by atoms with E-state index in [0.717, 1.165) is 12.5 Å². The molecule has 2 aromatic carbocycles. The van der Waals surface area contributed by atoms with E-state index in [1.807, 2.05) is 6.92 Å². The first kappa shape index (κ1) is 27.1. The molecule has 2 N–H and O–H groups in total. The van der Waals surface area contributed by atoms with Crippen molar-refractivity contribution in [2.24, 2.45) is 0 Å². The van der Waals surface area contributed by atoms with E-state index in [0.29, 0.717) is 12.5 Å². The number of fused-ring (bicyclic) bond motifs is 1. The lowest BCUT2D eigenvalue weighted by atomic mass is 9.95. The van der Waals surface area contributed by atoms with Crippen molar-refractivity contribution in [3.05, 3.63) is 93.2 Å². The number of benzene rings is 2. The fraction of sp³-hybridized carbons (Fsp3) is 0.333. The fourth-order valence-electron chi connectivity index (χ4n) is 4.64. The maximum atomic E-state index is 15.3. The molecule has 3 aromatic rings. The number of carbonyl (C=O) groups is 1. The number of ether oxygens (including phenoxy) is 1. The van der Waals surface area contributed by atoms with Gasteiger partial charge in [-0.1, -0.05) is 31.5 Å². The van der Waals surface area contributed by atoms with Crippen molar-refractivity contribution in [3.8, 4) is 11.5 Å². The van der Waals surface area contributed by atoms with E-state index >= 15 is 4.39 Å². The minimum atomic E-state index is -1.33. The number of rotatable bonds is 9. The van der Waals surface area contributed by atoms with Gasteiger partial charge in [0.25, 0.3) is 5.91 Å². The molecule has 2 heterocycles. The Morgan fingerprint density at radius 2 is 1.74 bits per heavy atom. The molecule has 0 spiro atoms. The number of halogens is 3. The van der Waals surface area contributed by atoms with Crippen LogP contribution in [0.1, 0.15) is 53.8 Å². The summed E-state index contributed by atoms with van der Waals surface area (Å²) in [5.41, 5.74) is -0.933. The molecule has 2 unspecified atom stereocenters. The molecule has 1 aromatic heterocycles. The summed E-state index contributed by atoms with van der Waals surface area (Å²) < 4.78 is 50.8. The van der Waals surface area contributed by atoms with Gasteiger partial charge in [0.1, 0.15) is 23.8 Å². The number of aromatic nitrogens is 1. The van der Waals surface area contributed by atoms with Crippen molar-refractivity contribution < 1.29 is 32.9 Å². The predicted octanol–water partition coefficient (Wildman–Crippen LogP) is 3.67. The number of aliphatic hydroxyl groups is 1. The average molecular weight is 532 g/mol. The van der Waals surface area contributed by atoms with Crippen LogP contribution in [0.5, 0.6) is 11.5 Å². The predicted molar refractivity (Wildman–Crippen MR) is 133 cm³/mol. The highest BCUT2D eigenvalue weighted by molar-refractivity contribution is 5.96. The van der Waals surface area contributed by atoms with Gasteiger partial charge < -0.3 is 19.8 Å². The molecular formula is C27H28F3N3O5. The molecule has 0 aliphatic carbocycles. The van der Waals surface area contributed by atoms with E-state index in [2.05, 4.69) is 0 Å². The van der Waals surface area contributed by atoms with E-state index in [1.54, 1.807) is 0 Å². The fourth-order valence-corrected chi connectivity index (χ4v) is 4.64. The summed E-state index contributed by atoms with van der Waals surface area (Å²) in [4.78, 5) is 27.6. The lowest BCUT2D eigenvalue weighted by Crippen LogP contribution is -2.61. The molecule has 0 bridgehead atoms. The maximum Gasteiger partial charge on any atom is 0.277 e. The van der Waals surface area contributed by atoms with Crippen LogP contribution in [0, 0.1) is 17.5 Å². The highest BCUT2D eigenvalue weighted by atomic mass is 19.2. The van der Waals surface area contributed by atoms with Crippen LogP contribution < -0.4 is 15.2 Å². The standard InChI is InChI=1S/C27H28F3N3O5/c1-3-4-13-38-26-21(35)9-11-32-25(26)27(37)31(2)23(10-12-34)33(32)24(16-7-5-6-8-18(16)28)17-14-19(29)20(30)15-22(17)36/h5-9,11,14-15,23-24,34,36H,3-4,10,12-13H2,1-2H3. The minimum absolute atomic E-state index is 0.0300. The van der Waals surface area contributed by atoms with Gasteiger partial charge in [-0.25, -0.2) is 13.2 Å². The van der Waals surface area contributed by atoms with Crippen molar-refractivity contribution in [1.29, 1.82) is 0 Å². The molecule has 1 aliphatic heterocycles. The number of amides is 1. The third kappa shape index (κ3) is 4.81. The number of phenols is 1. The Morgan fingerprint density at radius 3 is 2.42 bits per heavy atom. The van der Waals surface area contributed by atoms with Crippen molar-refractivity contribution >= 4 is 5.91 Å². The number of hydrogen-bond donors (Lipinski definition) is 2. The van der Waals surface area contributed by atoms with Crippen LogP contribution in [0.3, 0.4) is 0 Å². The number of nitrogens with zero attached hydrogens (tertiary/aromatic N) is 3. The van der Waals surface area contributed by atoms with E-state index in [1.165, 1.54) is 58.2 Å². The van der Waals surface area contributed by atoms with Gasteiger partial charge in [-0.15, -0.1) is 0 Å². The maximum absolute atomic E-state index is 15.3. The Labute approximate surface area is 217 Å². The van der Waals surface area contributed by atoms with Crippen LogP contribution in [0.4, 0.5) is 13.2 Å². The number of hydrogen-bond acceptors (Lipinski definition) is 6. The molecule has 4 rings (SSSR count). The zero-order chi connectivity index (χ0) is 27.6. The summed E-state index contributed by atoms with van der Waals surface area (Å²) in [7, 11) is 1.44. The average Bonchev–Trinajstić information content (AvgIpc) is 2.89. The summed E-state index contributed by atoms with van der Waals surface area (Å²) >= 11 is 0. The van der Waals surface area contributed by atoms with Crippen LogP contribution in [-0.4, -0.2) is 52.1 Å². The number of carbonyl (C=O) groups excluding carboxylic acids is 1. The summed E-state index contributed by atoms with van der Waals surface area (Å²) in [5, 5.41) is 22.0. The summed E-state index contributed by atoms with van der Waals surface area (Å²) in [6.07, 6.45) is 1.71. The second kappa shape index (κ2) is 11.2. The molecule has 0 fully saturated rings. The van der Waals surface area contributed by atoms with Crippen LogP contribution in [0.15, 0.2) is 53.5 Å². The molecule has 38 heavy (non-hydrogen) atoms.